The maximum atomic E-state index is 11.4. The Balaban J connectivity index is 0.000000187. The maximum absolute atomic E-state index is 11.4. The van der Waals surface area contributed by atoms with Gasteiger partial charge >= 0.3 is 17.1 Å². The Morgan fingerprint density at radius 1 is 0.630 bits per heavy atom. The Kier molecular flexibility index (Phi) is 6.31. The van der Waals surface area contributed by atoms with E-state index in [0.29, 0.717) is 22.6 Å². The van der Waals surface area contributed by atoms with E-state index in [-0.39, 0.29) is 17.1 Å². The van der Waals surface area contributed by atoms with E-state index in [2.05, 4.69) is 0 Å². The smallest absolute Gasteiger partial charge is 0.482 e. The number of hydrogen-bond donors (Lipinski definition) is 0. The quantitative estimate of drug-likeness (QED) is 0.492. The van der Waals surface area contributed by atoms with Gasteiger partial charge in [-0.15, -0.1) is 0 Å². The van der Waals surface area contributed by atoms with E-state index in [9.17, 15) is 19.2 Å². The van der Waals surface area contributed by atoms with Crippen LogP contribution >= 0.6 is 0 Å². The maximum Gasteiger partial charge on any atom is 3.00 e. The molecule has 2 atom stereocenters. The summed E-state index contributed by atoms with van der Waals surface area (Å²) in [5.74, 6) is -0.847. The summed E-state index contributed by atoms with van der Waals surface area (Å²) >= 11 is 0. The van der Waals surface area contributed by atoms with Gasteiger partial charge in [0.15, 0.2) is 12.2 Å². The second kappa shape index (κ2) is 8.29. The number of hydrogen-bond acceptors (Lipinski definition) is 6. The molecular formula is C20H16FeO6+3. The first-order valence-electron chi connectivity index (χ1n) is 8.08. The van der Waals surface area contributed by atoms with Crippen LogP contribution < -0.4 is 9.47 Å². The van der Waals surface area contributed by atoms with Crippen LogP contribution in [0.15, 0.2) is 48.5 Å². The van der Waals surface area contributed by atoms with Crippen LogP contribution in [0.5, 0.6) is 11.5 Å². The first-order chi connectivity index (χ1) is 12.4. The third-order valence-corrected chi connectivity index (χ3v) is 4.06. The molecule has 0 saturated heterocycles. The molecule has 0 spiro atoms. The van der Waals surface area contributed by atoms with E-state index in [4.69, 9.17) is 9.47 Å². The zero-order valence-corrected chi connectivity index (χ0v) is 15.7. The van der Waals surface area contributed by atoms with Gasteiger partial charge in [0.2, 0.25) is 23.1 Å². The zero-order valence-electron chi connectivity index (χ0n) is 14.6. The summed E-state index contributed by atoms with van der Waals surface area (Å²) in [5.41, 5.74) is 0.733. The molecule has 27 heavy (non-hydrogen) atoms. The van der Waals surface area contributed by atoms with Gasteiger partial charge < -0.3 is 9.47 Å². The second-order valence-corrected chi connectivity index (χ2v) is 5.90. The molecule has 0 amide bonds. The van der Waals surface area contributed by atoms with Crippen LogP contribution in [-0.4, -0.2) is 35.3 Å². The molecule has 2 aromatic rings. The van der Waals surface area contributed by atoms with Crippen molar-refractivity contribution in [3.05, 3.63) is 59.7 Å². The van der Waals surface area contributed by atoms with Gasteiger partial charge in [-0.2, -0.15) is 0 Å². The van der Waals surface area contributed by atoms with Crippen molar-refractivity contribution < 1.29 is 45.7 Å². The number of carbonyl (C=O) groups is 4. The summed E-state index contributed by atoms with van der Waals surface area (Å²) < 4.78 is 10.5. The van der Waals surface area contributed by atoms with Crippen molar-refractivity contribution in [3.63, 3.8) is 0 Å². The molecule has 2 unspecified atom stereocenters. The molecule has 2 aliphatic heterocycles. The third kappa shape index (κ3) is 3.99. The summed E-state index contributed by atoms with van der Waals surface area (Å²) in [6.45, 7) is 3.16. The minimum absolute atomic E-state index is 0. The van der Waals surface area contributed by atoms with Crippen molar-refractivity contribution in [2.75, 3.05) is 0 Å². The fourth-order valence-corrected chi connectivity index (χ4v) is 2.64. The average molecular weight is 408 g/mol. The first kappa shape index (κ1) is 20.6. The molecule has 0 fully saturated rings. The Morgan fingerprint density at radius 2 is 0.963 bits per heavy atom. The topological polar surface area (TPSA) is 86.7 Å². The number of fused-ring (bicyclic) bond motifs is 2. The standard InChI is InChI=1S/2C10H8O3.Fe/c2*1-6-9(11)10(12)7-4-2-3-5-8(7)13-6;/h2*2-6H,1H3;/q;;+3. The first-order valence-corrected chi connectivity index (χ1v) is 8.08. The molecule has 0 aromatic heterocycles. The Labute approximate surface area is 166 Å². The van der Waals surface area contributed by atoms with Crippen LogP contribution in [-0.2, 0) is 26.7 Å². The largest absolute Gasteiger partial charge is 3.00 e. The van der Waals surface area contributed by atoms with Gasteiger partial charge in [0, 0.05) is 0 Å². The van der Waals surface area contributed by atoms with Crippen LogP contribution in [0.25, 0.3) is 0 Å². The van der Waals surface area contributed by atoms with Crippen molar-refractivity contribution in [1.29, 1.82) is 0 Å². The van der Waals surface area contributed by atoms with Crippen LogP contribution in [0, 0.1) is 0 Å². The number of rotatable bonds is 0. The van der Waals surface area contributed by atoms with Gasteiger partial charge in [0.05, 0.1) is 11.1 Å². The Bertz CT molecular complexity index is 845. The van der Waals surface area contributed by atoms with Crippen LogP contribution in [0.3, 0.4) is 0 Å². The minimum Gasteiger partial charge on any atom is -0.482 e. The van der Waals surface area contributed by atoms with Crippen molar-refractivity contribution in [3.8, 4) is 11.5 Å². The molecule has 0 saturated carbocycles. The van der Waals surface area contributed by atoms with E-state index < -0.39 is 35.3 Å². The number of carbonyl (C=O) groups excluding carboxylic acids is 4. The van der Waals surface area contributed by atoms with E-state index >= 15 is 0 Å². The molecule has 4 rings (SSSR count). The van der Waals surface area contributed by atoms with Gasteiger partial charge in [-0.05, 0) is 38.1 Å². The fraction of sp³-hybridized carbons (Fsp3) is 0.200. The number of ketones is 4. The summed E-state index contributed by atoms with van der Waals surface area (Å²) in [5, 5.41) is 0. The van der Waals surface area contributed by atoms with E-state index in [0.717, 1.165) is 0 Å². The number of para-hydroxylation sites is 2. The second-order valence-electron chi connectivity index (χ2n) is 5.90. The molecule has 6 nitrogen and oxygen atoms in total. The monoisotopic (exact) mass is 408 g/mol. The van der Waals surface area contributed by atoms with Crippen molar-refractivity contribution in [2.24, 2.45) is 0 Å². The molecule has 0 aliphatic carbocycles. The predicted octanol–water partition coefficient (Wildman–Crippen LogP) is 2.44. The average Bonchev–Trinajstić information content (AvgIpc) is 2.65. The SMILES string of the molecule is CC1Oc2ccccc2C(=O)C1=O.CC1Oc2ccccc2C(=O)C1=O.[Fe+3]. The van der Waals surface area contributed by atoms with Gasteiger partial charge in [0.25, 0.3) is 0 Å². The molecular weight excluding hydrogens is 392 g/mol. The van der Waals surface area contributed by atoms with Crippen LogP contribution in [0.2, 0.25) is 0 Å². The van der Waals surface area contributed by atoms with Crippen LogP contribution in [0.1, 0.15) is 34.6 Å². The molecule has 7 heteroatoms. The van der Waals surface area contributed by atoms with Gasteiger partial charge in [-0.1, -0.05) is 24.3 Å². The minimum atomic E-state index is -0.651. The third-order valence-electron chi connectivity index (χ3n) is 4.06. The van der Waals surface area contributed by atoms with Crippen molar-refractivity contribution in [2.45, 2.75) is 26.1 Å². The van der Waals surface area contributed by atoms with Crippen LogP contribution in [0.4, 0.5) is 0 Å². The molecule has 0 N–H and O–H groups in total. The van der Waals surface area contributed by atoms with Gasteiger partial charge in [-0.25, -0.2) is 0 Å². The summed E-state index contributed by atoms with van der Waals surface area (Å²) in [6, 6.07) is 13.5. The van der Waals surface area contributed by atoms with Gasteiger partial charge in [0.1, 0.15) is 11.5 Å². The van der Waals surface area contributed by atoms with E-state index in [1.807, 2.05) is 0 Å². The number of Topliss-reactive ketones (excluding diaryl/α,β-unsaturated/α-hetero) is 4. The van der Waals surface area contributed by atoms with Crippen molar-refractivity contribution in [1.82, 2.24) is 0 Å². The summed E-state index contributed by atoms with van der Waals surface area (Å²) in [6.07, 6.45) is -1.30. The number of benzene rings is 2. The fourth-order valence-electron chi connectivity index (χ4n) is 2.64. The molecule has 1 radical (unpaired) electrons. The molecule has 137 valence electrons. The molecule has 2 aromatic carbocycles. The van der Waals surface area contributed by atoms with E-state index in [1.165, 1.54) is 0 Å². The normalized spacial score (nSPS) is 20.1. The molecule has 2 heterocycles. The summed E-state index contributed by atoms with van der Waals surface area (Å²) in [7, 11) is 0. The zero-order chi connectivity index (χ0) is 18.8. The Morgan fingerprint density at radius 3 is 1.33 bits per heavy atom. The molecule has 2 aliphatic rings. The van der Waals surface area contributed by atoms with E-state index in [1.54, 1.807) is 62.4 Å². The number of ether oxygens (including phenoxy) is 2. The predicted molar refractivity (Wildman–Crippen MR) is 91.7 cm³/mol. The Hall–Kier alpha value is -2.76. The van der Waals surface area contributed by atoms with Gasteiger partial charge in [-0.3, -0.25) is 19.2 Å². The molecule has 0 bridgehead atoms. The van der Waals surface area contributed by atoms with Crippen molar-refractivity contribution >= 4 is 23.1 Å². The summed E-state index contributed by atoms with van der Waals surface area (Å²) in [4.78, 5) is 45.2.